The van der Waals surface area contributed by atoms with Crippen molar-refractivity contribution in [3.63, 3.8) is 0 Å². The lowest BCUT2D eigenvalue weighted by atomic mass is 10.2. The molecule has 0 spiro atoms. The number of carbonyl (C=O) groups is 1. The van der Waals surface area contributed by atoms with Crippen molar-refractivity contribution in [3.05, 3.63) is 23.8 Å². The number of aryl methyl sites for hydroxylation is 1. The summed E-state index contributed by atoms with van der Waals surface area (Å²) >= 11 is 0. The van der Waals surface area contributed by atoms with Crippen LogP contribution in [0.3, 0.4) is 0 Å². The molecule has 2 amide bonds. The van der Waals surface area contributed by atoms with Crippen molar-refractivity contribution >= 4 is 17.4 Å². The van der Waals surface area contributed by atoms with Gasteiger partial charge in [-0.25, -0.2) is 4.79 Å². The standard InChI is InChI=1S/C11H15N3O/c1-7-2-3-9(6-10(7)12)14-11(15)13-8-4-5-8/h2-3,6,8H,4-5,12H2,1H3,(H2,13,14,15). The second-order valence-corrected chi connectivity index (χ2v) is 3.94. The summed E-state index contributed by atoms with van der Waals surface area (Å²) in [6.45, 7) is 1.93. The second kappa shape index (κ2) is 3.81. The van der Waals surface area contributed by atoms with Crippen LogP contribution < -0.4 is 16.4 Å². The number of hydrogen-bond acceptors (Lipinski definition) is 2. The van der Waals surface area contributed by atoms with Gasteiger partial charge in [0.2, 0.25) is 0 Å². The van der Waals surface area contributed by atoms with Gasteiger partial charge in [-0.15, -0.1) is 0 Å². The van der Waals surface area contributed by atoms with E-state index in [-0.39, 0.29) is 6.03 Å². The molecule has 0 aromatic heterocycles. The molecule has 0 bridgehead atoms. The zero-order valence-corrected chi connectivity index (χ0v) is 8.71. The Hall–Kier alpha value is -1.71. The minimum absolute atomic E-state index is 0.152. The molecule has 15 heavy (non-hydrogen) atoms. The van der Waals surface area contributed by atoms with E-state index in [1.54, 1.807) is 6.07 Å². The number of urea groups is 1. The van der Waals surface area contributed by atoms with Gasteiger partial charge in [-0.1, -0.05) is 6.07 Å². The SMILES string of the molecule is Cc1ccc(NC(=O)NC2CC2)cc1N. The summed E-state index contributed by atoms with van der Waals surface area (Å²) in [4.78, 5) is 11.4. The third kappa shape index (κ3) is 2.62. The van der Waals surface area contributed by atoms with Gasteiger partial charge in [0.1, 0.15) is 0 Å². The number of nitrogen functional groups attached to an aromatic ring is 1. The van der Waals surface area contributed by atoms with Crippen LogP contribution in [0.1, 0.15) is 18.4 Å². The van der Waals surface area contributed by atoms with E-state index < -0.39 is 0 Å². The Labute approximate surface area is 88.9 Å². The maximum atomic E-state index is 11.4. The molecule has 0 aliphatic heterocycles. The number of nitrogens with two attached hydrogens (primary N) is 1. The van der Waals surface area contributed by atoms with Crippen LogP contribution in [0, 0.1) is 6.92 Å². The van der Waals surface area contributed by atoms with Crippen LogP contribution in [-0.2, 0) is 0 Å². The average molecular weight is 205 g/mol. The zero-order valence-electron chi connectivity index (χ0n) is 8.71. The van der Waals surface area contributed by atoms with Gasteiger partial charge in [-0.05, 0) is 37.5 Å². The third-order valence-corrected chi connectivity index (χ3v) is 2.45. The van der Waals surface area contributed by atoms with Gasteiger partial charge in [0.15, 0.2) is 0 Å². The molecule has 0 radical (unpaired) electrons. The minimum Gasteiger partial charge on any atom is -0.398 e. The first-order chi connectivity index (χ1) is 7.15. The first kappa shape index (κ1) is 9.83. The van der Waals surface area contributed by atoms with E-state index in [9.17, 15) is 4.79 Å². The number of hydrogen-bond donors (Lipinski definition) is 3. The van der Waals surface area contributed by atoms with Crippen LogP contribution in [0.5, 0.6) is 0 Å². The Kier molecular flexibility index (Phi) is 2.49. The molecule has 4 nitrogen and oxygen atoms in total. The third-order valence-electron chi connectivity index (χ3n) is 2.45. The Morgan fingerprint density at radius 3 is 2.80 bits per heavy atom. The number of benzene rings is 1. The number of carbonyl (C=O) groups excluding carboxylic acids is 1. The first-order valence-corrected chi connectivity index (χ1v) is 5.09. The normalized spacial score (nSPS) is 14.7. The van der Waals surface area contributed by atoms with Crippen molar-refractivity contribution in [2.75, 3.05) is 11.1 Å². The van der Waals surface area contributed by atoms with Crippen LogP contribution in [0.15, 0.2) is 18.2 Å². The summed E-state index contributed by atoms with van der Waals surface area (Å²) in [5, 5.41) is 5.60. The van der Waals surface area contributed by atoms with Gasteiger partial charge in [0.05, 0.1) is 0 Å². The summed E-state index contributed by atoms with van der Waals surface area (Å²) in [7, 11) is 0. The molecule has 0 unspecified atom stereocenters. The van der Waals surface area contributed by atoms with E-state index >= 15 is 0 Å². The molecule has 1 aromatic rings. The Morgan fingerprint density at radius 1 is 1.47 bits per heavy atom. The van der Waals surface area contributed by atoms with Gasteiger partial charge in [0.25, 0.3) is 0 Å². The Balaban J connectivity index is 1.97. The summed E-state index contributed by atoms with van der Waals surface area (Å²) in [5.74, 6) is 0. The van der Waals surface area contributed by atoms with Gasteiger partial charge in [-0.3, -0.25) is 0 Å². The maximum Gasteiger partial charge on any atom is 0.319 e. The highest BCUT2D eigenvalue weighted by molar-refractivity contribution is 5.90. The largest absolute Gasteiger partial charge is 0.398 e. The first-order valence-electron chi connectivity index (χ1n) is 5.09. The summed E-state index contributed by atoms with van der Waals surface area (Å²) < 4.78 is 0. The maximum absolute atomic E-state index is 11.4. The fraction of sp³-hybridized carbons (Fsp3) is 0.364. The monoisotopic (exact) mass is 205 g/mol. The van der Waals surface area contributed by atoms with Crippen LogP contribution in [0.2, 0.25) is 0 Å². The summed E-state index contributed by atoms with van der Waals surface area (Å²) in [6, 6.07) is 5.72. The predicted molar refractivity (Wildman–Crippen MR) is 60.8 cm³/mol. The lowest BCUT2D eigenvalue weighted by Gasteiger charge is -2.08. The predicted octanol–water partition coefficient (Wildman–Crippen LogP) is 1.86. The van der Waals surface area contributed by atoms with E-state index in [0.717, 1.165) is 24.1 Å². The van der Waals surface area contributed by atoms with Gasteiger partial charge in [-0.2, -0.15) is 0 Å². The van der Waals surface area contributed by atoms with Crippen LogP contribution in [-0.4, -0.2) is 12.1 Å². The van der Waals surface area contributed by atoms with E-state index in [2.05, 4.69) is 10.6 Å². The molecule has 4 heteroatoms. The van der Waals surface area contributed by atoms with E-state index in [1.165, 1.54) is 0 Å². The smallest absolute Gasteiger partial charge is 0.319 e. The molecule has 2 rings (SSSR count). The topological polar surface area (TPSA) is 67.2 Å². The summed E-state index contributed by atoms with van der Waals surface area (Å²) in [6.07, 6.45) is 2.17. The molecule has 4 N–H and O–H groups in total. The van der Waals surface area contributed by atoms with Crippen molar-refractivity contribution in [2.45, 2.75) is 25.8 Å². The van der Waals surface area contributed by atoms with Crippen LogP contribution in [0.25, 0.3) is 0 Å². The van der Waals surface area contributed by atoms with Crippen LogP contribution in [0.4, 0.5) is 16.2 Å². The zero-order chi connectivity index (χ0) is 10.8. The highest BCUT2D eigenvalue weighted by Gasteiger charge is 2.23. The quantitative estimate of drug-likeness (QED) is 0.645. The second-order valence-electron chi connectivity index (χ2n) is 3.94. The van der Waals surface area contributed by atoms with Crippen molar-refractivity contribution in [1.82, 2.24) is 5.32 Å². The fourth-order valence-electron chi connectivity index (χ4n) is 1.30. The average Bonchev–Trinajstić information content (AvgIpc) is 2.95. The van der Waals surface area contributed by atoms with Crippen molar-refractivity contribution < 1.29 is 4.79 Å². The number of anilines is 2. The summed E-state index contributed by atoms with van der Waals surface area (Å²) in [5.41, 5.74) is 8.18. The Morgan fingerprint density at radius 2 is 2.20 bits per heavy atom. The number of nitrogens with one attached hydrogen (secondary N) is 2. The number of rotatable bonds is 2. The molecule has 80 valence electrons. The molecule has 1 aliphatic carbocycles. The van der Waals surface area contributed by atoms with Crippen molar-refractivity contribution in [3.8, 4) is 0 Å². The molecule has 1 aromatic carbocycles. The highest BCUT2D eigenvalue weighted by Crippen LogP contribution is 2.20. The molecular weight excluding hydrogens is 190 g/mol. The molecule has 0 saturated heterocycles. The molecule has 0 heterocycles. The number of amides is 2. The van der Waals surface area contributed by atoms with E-state index in [4.69, 9.17) is 5.73 Å². The fourth-order valence-corrected chi connectivity index (χ4v) is 1.30. The molecular formula is C11H15N3O. The molecule has 1 aliphatic rings. The molecule has 0 atom stereocenters. The van der Waals surface area contributed by atoms with Crippen LogP contribution >= 0.6 is 0 Å². The molecule has 1 saturated carbocycles. The highest BCUT2D eigenvalue weighted by atomic mass is 16.2. The Bertz CT molecular complexity index is 385. The lowest BCUT2D eigenvalue weighted by Crippen LogP contribution is -2.30. The van der Waals surface area contributed by atoms with E-state index in [0.29, 0.717) is 11.7 Å². The van der Waals surface area contributed by atoms with E-state index in [1.807, 2.05) is 19.1 Å². The van der Waals surface area contributed by atoms with Crippen molar-refractivity contribution in [2.24, 2.45) is 0 Å². The van der Waals surface area contributed by atoms with Gasteiger partial charge < -0.3 is 16.4 Å². The lowest BCUT2D eigenvalue weighted by molar-refractivity contribution is 0.251. The van der Waals surface area contributed by atoms with Crippen molar-refractivity contribution in [1.29, 1.82) is 0 Å². The van der Waals surface area contributed by atoms with Gasteiger partial charge in [0, 0.05) is 17.4 Å². The minimum atomic E-state index is -0.152. The molecule has 1 fully saturated rings. The van der Waals surface area contributed by atoms with Gasteiger partial charge >= 0.3 is 6.03 Å².